The van der Waals surface area contributed by atoms with Crippen LogP contribution in [-0.4, -0.2) is 22.0 Å². The van der Waals surface area contributed by atoms with Gasteiger partial charge in [0.2, 0.25) is 5.91 Å². The molecule has 1 amide bonds. The van der Waals surface area contributed by atoms with Crippen molar-refractivity contribution in [1.82, 2.24) is 10.3 Å². The fourth-order valence-electron chi connectivity index (χ4n) is 1.72. The van der Waals surface area contributed by atoms with Crippen molar-refractivity contribution in [1.29, 1.82) is 0 Å². The van der Waals surface area contributed by atoms with Crippen LogP contribution < -0.4 is 5.32 Å². The van der Waals surface area contributed by atoms with Crippen LogP contribution in [0, 0.1) is 6.92 Å². The lowest BCUT2D eigenvalue weighted by atomic mass is 10.2. The van der Waals surface area contributed by atoms with E-state index in [1.165, 1.54) is 0 Å². The van der Waals surface area contributed by atoms with Gasteiger partial charge in [-0.25, -0.2) is 9.78 Å². The molecule has 0 fully saturated rings. The number of nitrogens with one attached hydrogen (secondary N) is 1. The third-order valence-electron chi connectivity index (χ3n) is 2.68. The Bertz CT molecular complexity index is 623. The first-order chi connectivity index (χ1) is 9.56. The molecule has 5 nitrogen and oxygen atoms in total. The van der Waals surface area contributed by atoms with Gasteiger partial charge in [-0.05, 0) is 12.5 Å². The number of benzene rings is 1. The number of carbonyl (C=O) groups excluding carboxylic acids is 1. The number of hydrogen-bond acceptors (Lipinski definition) is 4. The molecule has 104 valence electrons. The Kier molecular flexibility index (Phi) is 4.47. The first-order valence-corrected chi connectivity index (χ1v) is 6.88. The van der Waals surface area contributed by atoms with Crippen LogP contribution in [0.25, 0.3) is 0 Å². The summed E-state index contributed by atoms with van der Waals surface area (Å²) < 4.78 is 0. The molecule has 2 aromatic rings. The predicted octanol–water partition coefficient (Wildman–Crippen LogP) is 2.01. The minimum absolute atomic E-state index is 0.103. The van der Waals surface area contributed by atoms with Crippen molar-refractivity contribution in [2.45, 2.75) is 19.9 Å². The Labute approximate surface area is 120 Å². The van der Waals surface area contributed by atoms with Gasteiger partial charge in [0, 0.05) is 6.54 Å². The molecule has 0 radical (unpaired) electrons. The maximum absolute atomic E-state index is 11.8. The number of carboxylic acid groups (broad SMARTS) is 1. The van der Waals surface area contributed by atoms with Gasteiger partial charge in [0.25, 0.3) is 0 Å². The molecular formula is C14H14N2O3S. The van der Waals surface area contributed by atoms with Gasteiger partial charge in [0.15, 0.2) is 0 Å². The van der Waals surface area contributed by atoms with E-state index in [1.807, 2.05) is 30.3 Å². The Hall–Kier alpha value is -2.21. The molecule has 0 aliphatic heterocycles. The van der Waals surface area contributed by atoms with E-state index < -0.39 is 5.97 Å². The Morgan fingerprint density at radius 1 is 1.30 bits per heavy atom. The zero-order valence-electron chi connectivity index (χ0n) is 10.9. The average molecular weight is 290 g/mol. The highest BCUT2D eigenvalue weighted by Crippen LogP contribution is 2.18. The molecule has 1 aromatic carbocycles. The summed E-state index contributed by atoms with van der Waals surface area (Å²) >= 11 is 1.05. The van der Waals surface area contributed by atoms with Crippen LogP contribution in [-0.2, 0) is 17.8 Å². The Balaban J connectivity index is 1.92. The smallest absolute Gasteiger partial charge is 0.347 e. The lowest BCUT2D eigenvalue weighted by Gasteiger charge is -2.03. The first-order valence-electron chi connectivity index (χ1n) is 6.06. The fraction of sp³-hybridized carbons (Fsp3) is 0.214. The maximum atomic E-state index is 11.8. The highest BCUT2D eigenvalue weighted by molar-refractivity contribution is 7.13. The molecule has 0 unspecified atom stereocenters. The molecule has 1 aromatic heterocycles. The molecule has 0 aliphatic carbocycles. The number of aromatic carboxylic acids is 1. The Morgan fingerprint density at radius 2 is 2.00 bits per heavy atom. The number of carboxylic acids is 1. The lowest BCUT2D eigenvalue weighted by molar-refractivity contribution is -0.120. The van der Waals surface area contributed by atoms with Crippen molar-refractivity contribution < 1.29 is 14.7 Å². The lowest BCUT2D eigenvalue weighted by Crippen LogP contribution is -2.24. The molecule has 0 spiro atoms. The van der Waals surface area contributed by atoms with Crippen molar-refractivity contribution in [3.8, 4) is 0 Å². The van der Waals surface area contributed by atoms with Crippen LogP contribution in [0.1, 0.15) is 25.9 Å². The second-order valence-electron chi connectivity index (χ2n) is 4.27. The molecule has 2 rings (SSSR count). The topological polar surface area (TPSA) is 79.3 Å². The highest BCUT2D eigenvalue weighted by atomic mass is 32.1. The summed E-state index contributed by atoms with van der Waals surface area (Å²) in [6, 6.07) is 9.58. The van der Waals surface area contributed by atoms with Crippen molar-refractivity contribution in [2.75, 3.05) is 0 Å². The summed E-state index contributed by atoms with van der Waals surface area (Å²) in [5.74, 6) is -1.17. The molecular weight excluding hydrogens is 276 g/mol. The van der Waals surface area contributed by atoms with Crippen molar-refractivity contribution in [3.05, 3.63) is 51.5 Å². The summed E-state index contributed by atoms with van der Waals surface area (Å²) in [5, 5.41) is 12.2. The second kappa shape index (κ2) is 6.29. The zero-order chi connectivity index (χ0) is 14.5. The number of aromatic nitrogens is 1. The fourth-order valence-corrected chi connectivity index (χ4v) is 2.62. The molecule has 20 heavy (non-hydrogen) atoms. The number of hydrogen-bond donors (Lipinski definition) is 2. The monoisotopic (exact) mass is 290 g/mol. The molecule has 0 atom stereocenters. The molecule has 1 heterocycles. The van der Waals surface area contributed by atoms with Crippen LogP contribution in [0.15, 0.2) is 30.3 Å². The van der Waals surface area contributed by atoms with E-state index >= 15 is 0 Å². The van der Waals surface area contributed by atoms with Gasteiger partial charge in [-0.15, -0.1) is 11.3 Å². The molecule has 0 bridgehead atoms. The summed E-state index contributed by atoms with van der Waals surface area (Å²) in [5.41, 5.74) is 1.47. The van der Waals surface area contributed by atoms with Crippen LogP contribution in [0.5, 0.6) is 0 Å². The predicted molar refractivity (Wildman–Crippen MR) is 75.8 cm³/mol. The zero-order valence-corrected chi connectivity index (χ0v) is 11.7. The SMILES string of the molecule is Cc1nc(CC(=O)NCc2ccccc2)sc1C(=O)O. The van der Waals surface area contributed by atoms with Gasteiger partial charge < -0.3 is 10.4 Å². The number of aryl methyl sites for hydroxylation is 1. The molecule has 6 heteroatoms. The van der Waals surface area contributed by atoms with Gasteiger partial charge >= 0.3 is 5.97 Å². The van der Waals surface area contributed by atoms with Gasteiger partial charge in [-0.2, -0.15) is 0 Å². The van der Waals surface area contributed by atoms with Gasteiger partial charge in [-0.3, -0.25) is 4.79 Å². The van der Waals surface area contributed by atoms with E-state index in [-0.39, 0.29) is 17.2 Å². The number of thiazole rings is 1. The third-order valence-corrected chi connectivity index (χ3v) is 3.82. The number of rotatable bonds is 5. The van der Waals surface area contributed by atoms with Crippen molar-refractivity contribution in [2.24, 2.45) is 0 Å². The van der Waals surface area contributed by atoms with E-state index in [2.05, 4.69) is 10.3 Å². The summed E-state index contributed by atoms with van der Waals surface area (Å²) in [7, 11) is 0. The Morgan fingerprint density at radius 3 is 2.60 bits per heavy atom. The minimum Gasteiger partial charge on any atom is -0.477 e. The number of nitrogens with zero attached hydrogens (tertiary/aromatic N) is 1. The molecule has 0 saturated heterocycles. The standard InChI is InChI=1S/C14H14N2O3S/c1-9-13(14(18)19)20-12(16-9)7-11(17)15-8-10-5-3-2-4-6-10/h2-6H,7-8H2,1H3,(H,15,17)(H,18,19). The second-order valence-corrected chi connectivity index (χ2v) is 5.35. The first kappa shape index (κ1) is 14.2. The largest absolute Gasteiger partial charge is 0.477 e. The normalized spacial score (nSPS) is 10.2. The van der Waals surface area contributed by atoms with Crippen LogP contribution in [0.3, 0.4) is 0 Å². The molecule has 0 aliphatic rings. The molecule has 2 N–H and O–H groups in total. The molecule has 0 saturated carbocycles. The summed E-state index contributed by atoms with van der Waals surface area (Å²) in [4.78, 5) is 27.0. The highest BCUT2D eigenvalue weighted by Gasteiger charge is 2.15. The number of carbonyl (C=O) groups is 2. The van der Waals surface area contributed by atoms with Gasteiger partial charge in [0.05, 0.1) is 12.1 Å². The van der Waals surface area contributed by atoms with E-state index in [0.29, 0.717) is 17.2 Å². The van der Waals surface area contributed by atoms with E-state index in [0.717, 1.165) is 16.9 Å². The average Bonchev–Trinajstić information content (AvgIpc) is 2.78. The van der Waals surface area contributed by atoms with Crippen LogP contribution in [0.4, 0.5) is 0 Å². The summed E-state index contributed by atoms with van der Waals surface area (Å²) in [6.07, 6.45) is 0.103. The van der Waals surface area contributed by atoms with Crippen molar-refractivity contribution in [3.63, 3.8) is 0 Å². The van der Waals surface area contributed by atoms with Gasteiger partial charge in [-0.1, -0.05) is 30.3 Å². The van der Waals surface area contributed by atoms with E-state index in [9.17, 15) is 9.59 Å². The van der Waals surface area contributed by atoms with Gasteiger partial charge in [0.1, 0.15) is 9.88 Å². The van der Waals surface area contributed by atoms with E-state index in [4.69, 9.17) is 5.11 Å². The van der Waals surface area contributed by atoms with Crippen LogP contribution >= 0.6 is 11.3 Å². The maximum Gasteiger partial charge on any atom is 0.347 e. The third kappa shape index (κ3) is 3.64. The van der Waals surface area contributed by atoms with Crippen LogP contribution in [0.2, 0.25) is 0 Å². The summed E-state index contributed by atoms with van der Waals surface area (Å²) in [6.45, 7) is 2.08. The number of amides is 1. The van der Waals surface area contributed by atoms with Crippen molar-refractivity contribution >= 4 is 23.2 Å². The quantitative estimate of drug-likeness (QED) is 0.883. The minimum atomic E-state index is -1.00. The van der Waals surface area contributed by atoms with E-state index in [1.54, 1.807) is 6.92 Å².